The van der Waals surface area contributed by atoms with Crippen molar-refractivity contribution in [3.63, 3.8) is 0 Å². The van der Waals surface area contributed by atoms with Crippen molar-refractivity contribution in [3.05, 3.63) is 40.9 Å². The summed E-state index contributed by atoms with van der Waals surface area (Å²) in [4.78, 5) is 0. The average molecular weight is 322 g/mol. The number of nitrogens with zero attached hydrogens (tertiary/aromatic N) is 2. The van der Waals surface area contributed by atoms with Crippen LogP contribution in [0.4, 0.5) is 5.69 Å². The number of hydrogen-bond donors (Lipinski definition) is 2. The summed E-state index contributed by atoms with van der Waals surface area (Å²) in [5, 5.41) is 13.6. The maximum absolute atomic E-state index is 9.78. The molecule has 0 aliphatic carbocycles. The van der Waals surface area contributed by atoms with E-state index >= 15 is 0 Å². The Morgan fingerprint density at radius 3 is 2.90 bits per heavy atom. The van der Waals surface area contributed by atoms with Crippen molar-refractivity contribution in [3.8, 4) is 11.5 Å². The van der Waals surface area contributed by atoms with Crippen LogP contribution >= 0.6 is 23.3 Å². The first-order chi connectivity index (χ1) is 10.2. The molecule has 0 aliphatic rings. The lowest BCUT2D eigenvalue weighted by molar-refractivity contribution is 0.373. The minimum absolute atomic E-state index is 0.108. The van der Waals surface area contributed by atoms with Gasteiger partial charge in [0, 0.05) is 6.54 Å². The minimum Gasteiger partial charge on any atom is -0.504 e. The van der Waals surface area contributed by atoms with Crippen molar-refractivity contribution < 1.29 is 9.84 Å². The van der Waals surface area contributed by atoms with Gasteiger partial charge in [0.2, 0.25) is 0 Å². The fraction of sp³-hybridized carbons (Fsp3) is 0.143. The Morgan fingerprint density at radius 2 is 2.14 bits per heavy atom. The fourth-order valence-corrected chi connectivity index (χ4v) is 2.79. The molecule has 0 saturated carbocycles. The number of benzene rings is 2. The number of fused-ring (bicyclic) bond motifs is 1. The monoisotopic (exact) mass is 321 g/mol. The summed E-state index contributed by atoms with van der Waals surface area (Å²) in [5.41, 5.74) is 3.22. The average Bonchev–Trinajstić information content (AvgIpc) is 2.95. The zero-order valence-corrected chi connectivity index (χ0v) is 12.7. The van der Waals surface area contributed by atoms with Gasteiger partial charge >= 0.3 is 0 Å². The number of phenols is 1. The molecule has 2 N–H and O–H groups in total. The third-order valence-electron chi connectivity index (χ3n) is 3.09. The zero-order valence-electron chi connectivity index (χ0n) is 11.1. The molecule has 3 rings (SSSR count). The highest BCUT2D eigenvalue weighted by atomic mass is 35.5. The van der Waals surface area contributed by atoms with Gasteiger partial charge in [-0.1, -0.05) is 17.7 Å². The van der Waals surface area contributed by atoms with Gasteiger partial charge in [0.1, 0.15) is 11.0 Å². The van der Waals surface area contributed by atoms with E-state index in [2.05, 4.69) is 14.1 Å². The van der Waals surface area contributed by atoms with Gasteiger partial charge in [0.15, 0.2) is 11.5 Å². The summed E-state index contributed by atoms with van der Waals surface area (Å²) in [6.07, 6.45) is 0. The highest BCUT2D eigenvalue weighted by Crippen LogP contribution is 2.31. The number of methoxy groups -OCH3 is 1. The second-order valence-electron chi connectivity index (χ2n) is 4.41. The van der Waals surface area contributed by atoms with Gasteiger partial charge in [-0.05, 0) is 29.8 Å². The van der Waals surface area contributed by atoms with E-state index in [1.54, 1.807) is 18.2 Å². The maximum atomic E-state index is 9.78. The van der Waals surface area contributed by atoms with Crippen LogP contribution in [0.1, 0.15) is 5.56 Å². The molecule has 0 atom stereocenters. The van der Waals surface area contributed by atoms with Crippen molar-refractivity contribution >= 4 is 40.0 Å². The van der Waals surface area contributed by atoms with Crippen molar-refractivity contribution in [1.82, 2.24) is 8.75 Å². The number of nitrogens with one attached hydrogen (secondary N) is 1. The molecule has 5 nitrogen and oxygen atoms in total. The lowest BCUT2D eigenvalue weighted by atomic mass is 10.2. The summed E-state index contributed by atoms with van der Waals surface area (Å²) in [5.74, 6) is 0.555. The van der Waals surface area contributed by atoms with Gasteiger partial charge in [-0.25, -0.2) is 0 Å². The molecule has 21 heavy (non-hydrogen) atoms. The molecule has 0 radical (unpaired) electrons. The lowest BCUT2D eigenvalue weighted by Gasteiger charge is -2.10. The normalized spacial score (nSPS) is 10.8. The van der Waals surface area contributed by atoms with E-state index in [0.717, 1.165) is 34.0 Å². The number of halogens is 1. The number of phenolic OH excluding ortho intramolecular Hbond substituents is 1. The van der Waals surface area contributed by atoms with Gasteiger partial charge in [-0.3, -0.25) is 0 Å². The lowest BCUT2D eigenvalue weighted by Crippen LogP contribution is -2.01. The first kappa shape index (κ1) is 13.9. The van der Waals surface area contributed by atoms with Crippen LogP contribution in [0.25, 0.3) is 11.0 Å². The Kier molecular flexibility index (Phi) is 3.81. The summed E-state index contributed by atoms with van der Waals surface area (Å²) in [6.45, 7) is 0.508. The second-order valence-corrected chi connectivity index (χ2v) is 5.35. The van der Waals surface area contributed by atoms with Crippen LogP contribution in [0.2, 0.25) is 5.02 Å². The Balaban J connectivity index is 1.85. The molecule has 0 unspecified atom stereocenters. The molecular formula is C14H12ClN3O2S. The van der Waals surface area contributed by atoms with Crippen molar-refractivity contribution in [2.45, 2.75) is 6.54 Å². The minimum atomic E-state index is 0.108. The van der Waals surface area contributed by atoms with Crippen molar-refractivity contribution in [2.24, 2.45) is 0 Å². The van der Waals surface area contributed by atoms with Crippen LogP contribution in [-0.2, 0) is 6.54 Å². The van der Waals surface area contributed by atoms with Gasteiger partial charge in [0.05, 0.1) is 29.5 Å². The zero-order chi connectivity index (χ0) is 14.8. The predicted molar refractivity (Wildman–Crippen MR) is 84.4 cm³/mol. The van der Waals surface area contributed by atoms with Gasteiger partial charge in [0.25, 0.3) is 0 Å². The molecule has 0 amide bonds. The van der Waals surface area contributed by atoms with Crippen LogP contribution in [0.5, 0.6) is 11.5 Å². The molecule has 0 bridgehead atoms. The molecule has 0 spiro atoms. The topological polar surface area (TPSA) is 67.3 Å². The molecule has 1 aromatic heterocycles. The van der Waals surface area contributed by atoms with Crippen LogP contribution < -0.4 is 10.1 Å². The summed E-state index contributed by atoms with van der Waals surface area (Å²) in [6, 6.07) is 8.88. The molecule has 7 heteroatoms. The number of anilines is 1. The van der Waals surface area contributed by atoms with Crippen LogP contribution in [-0.4, -0.2) is 21.0 Å². The second kappa shape index (κ2) is 5.75. The van der Waals surface area contributed by atoms with E-state index in [1.165, 1.54) is 7.11 Å². The van der Waals surface area contributed by atoms with Crippen LogP contribution in [0.15, 0.2) is 30.3 Å². The molecular weight excluding hydrogens is 310 g/mol. The standard InChI is InChI=1S/C14H12ClN3O2S/c1-20-12-5-2-8(6-11(12)19)7-16-13-9(15)3-4-10-14(13)18-21-17-10/h2-6,16,19H,7H2,1H3. The quantitative estimate of drug-likeness (QED) is 0.767. The smallest absolute Gasteiger partial charge is 0.160 e. The van der Waals surface area contributed by atoms with E-state index in [0.29, 0.717) is 17.3 Å². The molecule has 1 heterocycles. The van der Waals surface area contributed by atoms with E-state index in [1.807, 2.05) is 12.1 Å². The molecule has 0 saturated heterocycles. The van der Waals surface area contributed by atoms with E-state index < -0.39 is 0 Å². The Bertz CT molecular complexity index is 791. The van der Waals surface area contributed by atoms with Crippen molar-refractivity contribution in [1.29, 1.82) is 0 Å². The first-order valence-corrected chi connectivity index (χ1v) is 7.30. The van der Waals surface area contributed by atoms with Crippen LogP contribution in [0, 0.1) is 0 Å². The highest BCUT2D eigenvalue weighted by molar-refractivity contribution is 7.00. The molecule has 108 valence electrons. The summed E-state index contributed by atoms with van der Waals surface area (Å²) in [7, 11) is 1.52. The first-order valence-electron chi connectivity index (χ1n) is 6.19. The van der Waals surface area contributed by atoms with Gasteiger partial charge in [-0.15, -0.1) is 0 Å². The number of hydrogen-bond acceptors (Lipinski definition) is 6. The number of aromatic nitrogens is 2. The van der Waals surface area contributed by atoms with Gasteiger partial charge in [-0.2, -0.15) is 8.75 Å². The van der Waals surface area contributed by atoms with E-state index in [-0.39, 0.29) is 5.75 Å². The van der Waals surface area contributed by atoms with Gasteiger partial charge < -0.3 is 15.2 Å². The van der Waals surface area contributed by atoms with Crippen LogP contribution in [0.3, 0.4) is 0 Å². The Labute approximate surface area is 130 Å². The summed E-state index contributed by atoms with van der Waals surface area (Å²) < 4.78 is 13.5. The van der Waals surface area contributed by atoms with E-state index in [4.69, 9.17) is 16.3 Å². The van der Waals surface area contributed by atoms with E-state index in [9.17, 15) is 5.11 Å². The molecule has 3 aromatic rings. The maximum Gasteiger partial charge on any atom is 0.160 e. The molecule has 2 aromatic carbocycles. The highest BCUT2D eigenvalue weighted by Gasteiger charge is 2.10. The fourth-order valence-electron chi connectivity index (χ4n) is 2.03. The molecule has 0 fully saturated rings. The Hall–Kier alpha value is -2.05. The number of ether oxygens (including phenoxy) is 1. The summed E-state index contributed by atoms with van der Waals surface area (Å²) >= 11 is 7.36. The number of aromatic hydroxyl groups is 1. The number of rotatable bonds is 4. The predicted octanol–water partition coefficient (Wildman–Crippen LogP) is 3.67. The Morgan fingerprint density at radius 1 is 1.29 bits per heavy atom. The largest absolute Gasteiger partial charge is 0.504 e. The third-order valence-corrected chi connectivity index (χ3v) is 3.95. The third kappa shape index (κ3) is 2.72. The van der Waals surface area contributed by atoms with Crippen molar-refractivity contribution in [2.75, 3.05) is 12.4 Å². The molecule has 0 aliphatic heterocycles. The SMILES string of the molecule is COc1ccc(CNc2c(Cl)ccc3nsnc23)cc1O.